The summed E-state index contributed by atoms with van der Waals surface area (Å²) >= 11 is 1.09. The van der Waals surface area contributed by atoms with Crippen LogP contribution in [0.3, 0.4) is 0 Å². The molecule has 0 spiro atoms. The number of aryl methyl sites for hydroxylation is 1. The first-order chi connectivity index (χ1) is 9.47. The number of rotatable bonds is 5. The van der Waals surface area contributed by atoms with Crippen LogP contribution in [-0.4, -0.2) is 16.0 Å². The Balaban J connectivity index is 2.06. The van der Waals surface area contributed by atoms with Crippen LogP contribution < -0.4 is 5.32 Å². The molecular formula is C13H12N2O4S. The average molecular weight is 292 g/mol. The molecule has 0 unspecified atom stereocenters. The number of hydrogen-bond acceptors (Lipinski definition) is 5. The summed E-state index contributed by atoms with van der Waals surface area (Å²) in [7, 11) is 0. The van der Waals surface area contributed by atoms with Gasteiger partial charge in [0, 0.05) is 23.7 Å². The van der Waals surface area contributed by atoms with Gasteiger partial charge in [0.25, 0.3) is 0 Å². The number of carbonyl (C=O) groups is 1. The Morgan fingerprint density at radius 2 is 2.20 bits per heavy atom. The number of aromatic carboxylic acids is 1. The van der Waals surface area contributed by atoms with E-state index in [0.717, 1.165) is 28.2 Å². The second-order valence-corrected chi connectivity index (χ2v) is 5.13. The molecule has 1 aromatic carbocycles. The standard InChI is InChI=1S/C13H12N2O4S/c1-8-4-10(13(16)17)2-3-11(8)14-6-9-5-12(15(18)19)20-7-9/h2-5,7,14H,6H2,1H3,(H,16,17). The van der Waals surface area contributed by atoms with Crippen LogP contribution in [0.4, 0.5) is 10.7 Å². The number of nitro groups is 1. The third kappa shape index (κ3) is 3.12. The molecule has 0 saturated carbocycles. The molecule has 0 aliphatic rings. The largest absolute Gasteiger partial charge is 0.478 e. The zero-order valence-corrected chi connectivity index (χ0v) is 11.4. The van der Waals surface area contributed by atoms with Gasteiger partial charge in [-0.2, -0.15) is 0 Å². The molecule has 0 radical (unpaired) electrons. The van der Waals surface area contributed by atoms with E-state index in [-0.39, 0.29) is 10.6 Å². The lowest BCUT2D eigenvalue weighted by molar-refractivity contribution is -0.380. The number of nitrogens with one attached hydrogen (secondary N) is 1. The number of carboxylic acid groups (broad SMARTS) is 1. The van der Waals surface area contributed by atoms with E-state index < -0.39 is 10.9 Å². The lowest BCUT2D eigenvalue weighted by Gasteiger charge is -2.09. The molecule has 0 fully saturated rings. The number of anilines is 1. The molecule has 2 N–H and O–H groups in total. The second kappa shape index (κ2) is 5.70. The molecule has 0 aliphatic carbocycles. The third-order valence-corrected chi connectivity index (χ3v) is 3.71. The molecule has 1 heterocycles. The average Bonchev–Trinajstić information content (AvgIpc) is 2.86. The maximum Gasteiger partial charge on any atom is 0.335 e. The van der Waals surface area contributed by atoms with E-state index in [9.17, 15) is 14.9 Å². The molecule has 104 valence electrons. The highest BCUT2D eigenvalue weighted by atomic mass is 32.1. The molecule has 0 bridgehead atoms. The molecule has 20 heavy (non-hydrogen) atoms. The highest BCUT2D eigenvalue weighted by molar-refractivity contribution is 7.13. The van der Waals surface area contributed by atoms with Gasteiger partial charge in [0.2, 0.25) is 0 Å². The molecule has 2 aromatic rings. The van der Waals surface area contributed by atoms with Crippen LogP contribution >= 0.6 is 11.3 Å². The first-order valence-corrected chi connectivity index (χ1v) is 6.65. The van der Waals surface area contributed by atoms with Crippen molar-refractivity contribution in [1.29, 1.82) is 0 Å². The van der Waals surface area contributed by atoms with E-state index in [1.807, 2.05) is 6.92 Å². The Hall–Kier alpha value is -2.41. The maximum atomic E-state index is 10.8. The normalized spacial score (nSPS) is 10.2. The zero-order valence-electron chi connectivity index (χ0n) is 10.6. The highest BCUT2D eigenvalue weighted by Crippen LogP contribution is 2.24. The van der Waals surface area contributed by atoms with Crippen LogP contribution in [0.2, 0.25) is 0 Å². The Morgan fingerprint density at radius 1 is 1.45 bits per heavy atom. The van der Waals surface area contributed by atoms with Gasteiger partial charge >= 0.3 is 11.0 Å². The van der Waals surface area contributed by atoms with Crippen molar-refractivity contribution >= 4 is 28.0 Å². The summed E-state index contributed by atoms with van der Waals surface area (Å²) < 4.78 is 0. The summed E-state index contributed by atoms with van der Waals surface area (Å²) in [5.74, 6) is -0.965. The van der Waals surface area contributed by atoms with Crippen LogP contribution in [0.15, 0.2) is 29.6 Å². The molecule has 2 rings (SSSR count). The van der Waals surface area contributed by atoms with Gasteiger partial charge in [-0.1, -0.05) is 11.3 Å². The smallest absolute Gasteiger partial charge is 0.335 e. The molecule has 7 heteroatoms. The van der Waals surface area contributed by atoms with Gasteiger partial charge in [-0.15, -0.1) is 0 Å². The van der Waals surface area contributed by atoms with Crippen LogP contribution in [0, 0.1) is 17.0 Å². The quantitative estimate of drug-likeness (QED) is 0.651. The van der Waals surface area contributed by atoms with Crippen molar-refractivity contribution in [3.8, 4) is 0 Å². The molecule has 6 nitrogen and oxygen atoms in total. The summed E-state index contributed by atoms with van der Waals surface area (Å²) in [4.78, 5) is 21.0. The maximum absolute atomic E-state index is 10.8. The summed E-state index contributed by atoms with van der Waals surface area (Å²) in [5, 5.41) is 24.4. The van der Waals surface area contributed by atoms with Gasteiger partial charge in [-0.25, -0.2) is 4.79 Å². The van der Waals surface area contributed by atoms with Gasteiger partial charge in [-0.3, -0.25) is 10.1 Å². The Morgan fingerprint density at radius 3 is 2.75 bits per heavy atom. The van der Waals surface area contributed by atoms with E-state index in [4.69, 9.17) is 5.11 Å². The monoisotopic (exact) mass is 292 g/mol. The number of carboxylic acids is 1. The first-order valence-electron chi connectivity index (χ1n) is 5.77. The topological polar surface area (TPSA) is 92.5 Å². The van der Waals surface area contributed by atoms with E-state index in [0.29, 0.717) is 6.54 Å². The molecule has 0 amide bonds. The predicted octanol–water partition coefficient (Wildman–Crippen LogP) is 3.28. The third-order valence-electron chi connectivity index (χ3n) is 2.78. The highest BCUT2D eigenvalue weighted by Gasteiger charge is 2.10. The number of benzene rings is 1. The van der Waals surface area contributed by atoms with E-state index in [1.165, 1.54) is 12.1 Å². The number of nitrogens with zero attached hydrogens (tertiary/aromatic N) is 1. The minimum Gasteiger partial charge on any atom is -0.478 e. The minimum absolute atomic E-state index is 0.111. The molecular weight excluding hydrogens is 280 g/mol. The van der Waals surface area contributed by atoms with Gasteiger partial charge < -0.3 is 10.4 Å². The summed E-state index contributed by atoms with van der Waals surface area (Å²) in [6.07, 6.45) is 0. The van der Waals surface area contributed by atoms with Crippen molar-refractivity contribution in [2.45, 2.75) is 13.5 Å². The van der Waals surface area contributed by atoms with Crippen molar-refractivity contribution in [1.82, 2.24) is 0 Å². The predicted molar refractivity (Wildman–Crippen MR) is 76.4 cm³/mol. The van der Waals surface area contributed by atoms with Crippen LogP contribution in [0.5, 0.6) is 0 Å². The fourth-order valence-corrected chi connectivity index (χ4v) is 2.47. The fourth-order valence-electron chi connectivity index (χ4n) is 1.74. The zero-order chi connectivity index (χ0) is 14.7. The summed E-state index contributed by atoms with van der Waals surface area (Å²) in [6, 6.07) is 6.33. The number of hydrogen-bond donors (Lipinski definition) is 2. The molecule has 0 atom stereocenters. The van der Waals surface area contributed by atoms with E-state index in [1.54, 1.807) is 17.5 Å². The van der Waals surface area contributed by atoms with Crippen molar-refractivity contribution in [3.05, 3.63) is 56.5 Å². The second-order valence-electron chi connectivity index (χ2n) is 4.24. The van der Waals surface area contributed by atoms with Crippen molar-refractivity contribution < 1.29 is 14.8 Å². The van der Waals surface area contributed by atoms with Crippen LogP contribution in [0.1, 0.15) is 21.5 Å². The van der Waals surface area contributed by atoms with Gasteiger partial charge in [0.1, 0.15) is 0 Å². The van der Waals surface area contributed by atoms with Crippen molar-refractivity contribution in [2.24, 2.45) is 0 Å². The van der Waals surface area contributed by atoms with Crippen LogP contribution in [0.25, 0.3) is 0 Å². The lowest BCUT2D eigenvalue weighted by Crippen LogP contribution is -2.02. The molecule has 0 aliphatic heterocycles. The molecule has 1 aromatic heterocycles. The van der Waals surface area contributed by atoms with Gasteiger partial charge in [-0.05, 0) is 36.2 Å². The lowest BCUT2D eigenvalue weighted by atomic mass is 10.1. The Kier molecular flexibility index (Phi) is 3.99. The van der Waals surface area contributed by atoms with Gasteiger partial charge in [0.05, 0.1) is 10.5 Å². The van der Waals surface area contributed by atoms with E-state index >= 15 is 0 Å². The summed E-state index contributed by atoms with van der Waals surface area (Å²) in [5.41, 5.74) is 2.68. The molecule has 0 saturated heterocycles. The van der Waals surface area contributed by atoms with Crippen molar-refractivity contribution in [2.75, 3.05) is 5.32 Å². The fraction of sp³-hybridized carbons (Fsp3) is 0.154. The van der Waals surface area contributed by atoms with Gasteiger partial charge in [0.15, 0.2) is 0 Å². The first kappa shape index (κ1) is 14.0. The van der Waals surface area contributed by atoms with E-state index in [2.05, 4.69) is 5.32 Å². The van der Waals surface area contributed by atoms with Crippen LogP contribution in [-0.2, 0) is 6.54 Å². The minimum atomic E-state index is -0.965. The summed E-state index contributed by atoms with van der Waals surface area (Å²) in [6.45, 7) is 2.27. The van der Waals surface area contributed by atoms with Crippen molar-refractivity contribution in [3.63, 3.8) is 0 Å². The Labute approximate surface area is 118 Å². The SMILES string of the molecule is Cc1cc(C(=O)O)ccc1NCc1csc([N+](=O)[O-])c1. The Bertz CT molecular complexity index is 666. The number of thiophene rings is 1.